The third-order valence-electron chi connectivity index (χ3n) is 0.705. The molecule has 0 heterocycles. The number of nitrogens with one attached hydrogen (secondary N) is 1. The van der Waals surface area contributed by atoms with Crippen molar-refractivity contribution < 1.29 is 18.0 Å². The number of amides is 1. The molecule has 68 valence electrons. The molecular formula is C4H8ClF3N2O. The molecule has 0 aromatic carbocycles. The topological polar surface area (TPSA) is 55.1 Å². The van der Waals surface area contributed by atoms with E-state index in [-0.39, 0.29) is 12.4 Å². The zero-order valence-corrected chi connectivity index (χ0v) is 6.21. The highest BCUT2D eigenvalue weighted by molar-refractivity contribution is 5.85. The molecule has 0 aromatic heterocycles. The summed E-state index contributed by atoms with van der Waals surface area (Å²) in [6.45, 7) is -0.493. The maximum atomic E-state index is 11.8. The molecule has 0 saturated carbocycles. The minimum Gasteiger partial charge on any atom is -0.322 e. The molecule has 0 aliphatic rings. The van der Waals surface area contributed by atoms with Crippen LogP contribution in [-0.2, 0) is 4.79 Å². The Balaban J connectivity index is 0. The predicted molar refractivity (Wildman–Crippen MR) is 35.3 cm³/mol. The number of carbonyl (C=O) groups excluding carboxylic acids is 1. The SMILES string of the molecule is Cl.NCC(=O)NC(F)C(F)F. The number of hydrogen-bond donors (Lipinski definition) is 2. The zero-order valence-electron chi connectivity index (χ0n) is 5.39. The molecule has 0 fully saturated rings. The second-order valence-corrected chi connectivity index (χ2v) is 1.51. The van der Waals surface area contributed by atoms with Crippen molar-refractivity contribution in [3.63, 3.8) is 0 Å². The fourth-order valence-corrected chi connectivity index (χ4v) is 0.276. The number of carbonyl (C=O) groups is 1. The van der Waals surface area contributed by atoms with Crippen LogP contribution in [0.15, 0.2) is 0 Å². The number of nitrogens with two attached hydrogens (primary N) is 1. The van der Waals surface area contributed by atoms with Gasteiger partial charge in [0, 0.05) is 0 Å². The molecule has 0 saturated heterocycles. The molecule has 1 atom stereocenters. The summed E-state index contributed by atoms with van der Waals surface area (Å²) in [5, 5.41) is 1.35. The first-order valence-corrected chi connectivity index (χ1v) is 2.49. The molecule has 1 unspecified atom stereocenters. The van der Waals surface area contributed by atoms with Crippen LogP contribution < -0.4 is 11.1 Å². The van der Waals surface area contributed by atoms with Crippen LogP contribution in [0.25, 0.3) is 0 Å². The van der Waals surface area contributed by atoms with Crippen LogP contribution in [-0.4, -0.2) is 25.2 Å². The average Bonchev–Trinajstić information content (AvgIpc) is 1.87. The summed E-state index contributed by atoms with van der Waals surface area (Å²) < 4.78 is 34.4. The van der Waals surface area contributed by atoms with Crippen molar-refractivity contribution in [1.29, 1.82) is 0 Å². The Hall–Kier alpha value is -0.490. The monoisotopic (exact) mass is 192 g/mol. The van der Waals surface area contributed by atoms with E-state index in [4.69, 9.17) is 5.73 Å². The smallest absolute Gasteiger partial charge is 0.287 e. The van der Waals surface area contributed by atoms with Gasteiger partial charge in [0.25, 0.3) is 6.43 Å². The lowest BCUT2D eigenvalue weighted by molar-refractivity contribution is -0.123. The Morgan fingerprint density at radius 1 is 1.45 bits per heavy atom. The highest BCUT2D eigenvalue weighted by atomic mass is 35.5. The third kappa shape index (κ3) is 5.93. The number of rotatable bonds is 3. The van der Waals surface area contributed by atoms with E-state index in [0.29, 0.717) is 0 Å². The highest BCUT2D eigenvalue weighted by Gasteiger charge is 2.19. The van der Waals surface area contributed by atoms with E-state index >= 15 is 0 Å². The highest BCUT2D eigenvalue weighted by Crippen LogP contribution is 2.00. The minimum absolute atomic E-state index is 0. The van der Waals surface area contributed by atoms with Crippen LogP contribution >= 0.6 is 12.4 Å². The average molecular weight is 193 g/mol. The third-order valence-corrected chi connectivity index (χ3v) is 0.705. The molecule has 3 N–H and O–H groups in total. The second kappa shape index (κ2) is 6.23. The van der Waals surface area contributed by atoms with E-state index in [1.165, 1.54) is 5.32 Å². The Bertz CT molecular complexity index is 124. The minimum atomic E-state index is -3.20. The summed E-state index contributed by atoms with van der Waals surface area (Å²) >= 11 is 0. The van der Waals surface area contributed by atoms with Crippen molar-refractivity contribution in [2.75, 3.05) is 6.54 Å². The largest absolute Gasteiger partial charge is 0.322 e. The summed E-state index contributed by atoms with van der Waals surface area (Å²) in [4.78, 5) is 10.1. The summed E-state index contributed by atoms with van der Waals surface area (Å²) in [7, 11) is 0. The van der Waals surface area contributed by atoms with Gasteiger partial charge in [0.15, 0.2) is 0 Å². The first-order valence-electron chi connectivity index (χ1n) is 2.49. The van der Waals surface area contributed by atoms with Crippen LogP contribution in [0.2, 0.25) is 0 Å². The van der Waals surface area contributed by atoms with Gasteiger partial charge >= 0.3 is 0 Å². The molecule has 0 aliphatic carbocycles. The van der Waals surface area contributed by atoms with Crippen LogP contribution in [0.3, 0.4) is 0 Å². The molecule has 7 heteroatoms. The van der Waals surface area contributed by atoms with Crippen LogP contribution in [0.5, 0.6) is 0 Å². The predicted octanol–water partition coefficient (Wildman–Crippen LogP) is 0.0438. The van der Waals surface area contributed by atoms with E-state index in [0.717, 1.165) is 0 Å². The molecule has 1 amide bonds. The second-order valence-electron chi connectivity index (χ2n) is 1.51. The fourth-order valence-electron chi connectivity index (χ4n) is 0.276. The molecule has 3 nitrogen and oxygen atoms in total. The molecule has 0 radical (unpaired) electrons. The van der Waals surface area contributed by atoms with Crippen LogP contribution in [0.1, 0.15) is 0 Å². The van der Waals surface area contributed by atoms with Gasteiger partial charge in [-0.1, -0.05) is 0 Å². The van der Waals surface area contributed by atoms with Gasteiger partial charge in [-0.2, -0.15) is 0 Å². The van der Waals surface area contributed by atoms with Gasteiger partial charge in [-0.3, -0.25) is 4.79 Å². The van der Waals surface area contributed by atoms with E-state index in [1.807, 2.05) is 0 Å². The molecular weight excluding hydrogens is 185 g/mol. The first-order chi connectivity index (χ1) is 4.57. The van der Waals surface area contributed by atoms with Crippen molar-refractivity contribution in [3.8, 4) is 0 Å². The van der Waals surface area contributed by atoms with Crippen molar-refractivity contribution in [2.24, 2.45) is 5.73 Å². The normalized spacial score (nSPS) is 12.1. The van der Waals surface area contributed by atoms with Crippen molar-refractivity contribution >= 4 is 18.3 Å². The summed E-state index contributed by atoms with van der Waals surface area (Å²) in [5.41, 5.74) is 4.70. The van der Waals surface area contributed by atoms with E-state index < -0.39 is 25.2 Å². The molecule has 0 bridgehead atoms. The lowest BCUT2D eigenvalue weighted by Gasteiger charge is -2.07. The summed E-state index contributed by atoms with van der Waals surface area (Å²) in [5.74, 6) is -0.937. The van der Waals surface area contributed by atoms with Gasteiger partial charge in [-0.05, 0) is 0 Å². The summed E-state index contributed by atoms with van der Waals surface area (Å²) in [6, 6.07) is 0. The summed E-state index contributed by atoms with van der Waals surface area (Å²) in [6.07, 6.45) is -5.81. The van der Waals surface area contributed by atoms with Gasteiger partial charge in [-0.25, -0.2) is 13.2 Å². The van der Waals surface area contributed by atoms with E-state index in [2.05, 4.69) is 0 Å². The quantitative estimate of drug-likeness (QED) is 0.621. The van der Waals surface area contributed by atoms with E-state index in [1.54, 1.807) is 0 Å². The van der Waals surface area contributed by atoms with Gasteiger partial charge < -0.3 is 11.1 Å². The lowest BCUT2D eigenvalue weighted by atomic mass is 10.5. The first kappa shape index (κ1) is 13.1. The molecule has 0 aliphatic heterocycles. The Labute approximate surface area is 67.5 Å². The van der Waals surface area contributed by atoms with Gasteiger partial charge in [0.05, 0.1) is 6.54 Å². The molecule has 0 spiro atoms. The Morgan fingerprint density at radius 2 is 1.91 bits per heavy atom. The van der Waals surface area contributed by atoms with Crippen molar-refractivity contribution in [2.45, 2.75) is 12.7 Å². The van der Waals surface area contributed by atoms with Crippen LogP contribution in [0, 0.1) is 0 Å². The maximum Gasteiger partial charge on any atom is 0.287 e. The Kier molecular flexibility index (Phi) is 7.44. The van der Waals surface area contributed by atoms with Gasteiger partial charge in [0.2, 0.25) is 12.2 Å². The van der Waals surface area contributed by atoms with Crippen molar-refractivity contribution in [1.82, 2.24) is 5.32 Å². The standard InChI is InChI=1S/C4H7F3N2O.ClH/c5-3(6)4(7)9-2(10)1-8;/h3-4H,1,8H2,(H,9,10);1H. The lowest BCUT2D eigenvalue weighted by Crippen LogP contribution is -2.39. The van der Waals surface area contributed by atoms with Crippen molar-refractivity contribution in [3.05, 3.63) is 0 Å². The zero-order chi connectivity index (χ0) is 8.15. The number of halogens is 4. The van der Waals surface area contributed by atoms with Gasteiger partial charge in [-0.15, -0.1) is 12.4 Å². The van der Waals surface area contributed by atoms with Gasteiger partial charge in [0.1, 0.15) is 0 Å². The van der Waals surface area contributed by atoms with E-state index in [9.17, 15) is 18.0 Å². The molecule has 11 heavy (non-hydrogen) atoms. The molecule has 0 rings (SSSR count). The maximum absolute atomic E-state index is 11.8. The number of hydrogen-bond acceptors (Lipinski definition) is 2. The fraction of sp³-hybridized carbons (Fsp3) is 0.750. The van der Waals surface area contributed by atoms with Crippen LogP contribution in [0.4, 0.5) is 13.2 Å². The number of alkyl halides is 3. The molecule has 0 aromatic rings. The Morgan fingerprint density at radius 3 is 2.18 bits per heavy atom.